The number of ether oxygens (including phenoxy) is 2. The Morgan fingerprint density at radius 2 is 2.03 bits per heavy atom. The van der Waals surface area contributed by atoms with Gasteiger partial charge in [-0.1, -0.05) is 60.5 Å². The van der Waals surface area contributed by atoms with Crippen LogP contribution in [0.2, 0.25) is 5.02 Å². The van der Waals surface area contributed by atoms with E-state index >= 15 is 0 Å². The molecule has 3 aromatic rings. The molecule has 1 atom stereocenters. The number of carbonyl (C=O) groups excluding carboxylic acids is 1. The lowest BCUT2D eigenvalue weighted by atomic mass is 9.96. The van der Waals surface area contributed by atoms with Gasteiger partial charge in [0.15, 0.2) is 4.80 Å². The zero-order valence-corrected chi connectivity index (χ0v) is 24.2. The molecule has 9 heteroatoms. The molecule has 0 bridgehead atoms. The van der Waals surface area contributed by atoms with E-state index in [-0.39, 0.29) is 11.7 Å². The molecule has 0 aliphatic carbocycles. The van der Waals surface area contributed by atoms with Crippen LogP contribution in [0.25, 0.3) is 6.08 Å². The number of hydrogen-bond donors (Lipinski definition) is 0. The summed E-state index contributed by atoms with van der Waals surface area (Å²) in [5, 5.41) is 0.453. The van der Waals surface area contributed by atoms with Crippen LogP contribution in [0.15, 0.2) is 68.0 Å². The smallest absolute Gasteiger partial charge is 0.338 e. The number of nitrogens with zero attached hydrogens (tertiary/aromatic N) is 2. The summed E-state index contributed by atoms with van der Waals surface area (Å²) in [6.07, 6.45) is 3.53. The Labute approximate surface area is 233 Å². The van der Waals surface area contributed by atoms with Crippen LogP contribution in [0.5, 0.6) is 5.75 Å². The summed E-state index contributed by atoms with van der Waals surface area (Å²) in [5.74, 6) is 0.243. The van der Waals surface area contributed by atoms with Crippen molar-refractivity contribution in [1.82, 2.24) is 4.57 Å². The molecule has 4 rings (SSSR count). The van der Waals surface area contributed by atoms with Gasteiger partial charge in [0, 0.05) is 5.02 Å². The molecule has 0 radical (unpaired) electrons. The first kappa shape index (κ1) is 27.4. The number of fused-ring (bicyclic) bond motifs is 1. The highest BCUT2D eigenvalue weighted by Gasteiger charge is 2.34. The zero-order valence-electron chi connectivity index (χ0n) is 21.1. The van der Waals surface area contributed by atoms with Crippen molar-refractivity contribution in [3.63, 3.8) is 0 Å². The van der Waals surface area contributed by atoms with Gasteiger partial charge in [0.2, 0.25) is 0 Å². The van der Waals surface area contributed by atoms with Crippen LogP contribution >= 0.6 is 38.9 Å². The molecule has 194 valence electrons. The second kappa shape index (κ2) is 11.8. The van der Waals surface area contributed by atoms with Crippen molar-refractivity contribution in [2.75, 3.05) is 6.61 Å². The third-order valence-electron chi connectivity index (χ3n) is 5.79. The summed E-state index contributed by atoms with van der Waals surface area (Å²) in [5.41, 5.74) is 2.02. The molecule has 37 heavy (non-hydrogen) atoms. The molecular weight excluding hydrogens is 576 g/mol. The molecule has 6 nitrogen and oxygen atoms in total. The van der Waals surface area contributed by atoms with Gasteiger partial charge in [0.05, 0.1) is 33.0 Å². The minimum absolute atomic E-state index is 0.254. The molecule has 1 aliphatic heterocycles. The van der Waals surface area contributed by atoms with Crippen molar-refractivity contribution in [3.8, 4) is 5.75 Å². The second-order valence-electron chi connectivity index (χ2n) is 8.95. The Hall–Kier alpha value is -2.68. The van der Waals surface area contributed by atoms with Gasteiger partial charge < -0.3 is 9.47 Å². The molecule has 0 saturated heterocycles. The zero-order chi connectivity index (χ0) is 26.7. The first-order chi connectivity index (χ1) is 17.7. The lowest BCUT2D eigenvalue weighted by molar-refractivity contribution is -0.143. The summed E-state index contributed by atoms with van der Waals surface area (Å²) in [4.78, 5) is 32.1. The van der Waals surface area contributed by atoms with Crippen molar-refractivity contribution >= 4 is 50.9 Å². The Bertz CT molecular complexity index is 1540. The first-order valence-electron chi connectivity index (χ1n) is 12.1. The molecule has 1 aliphatic rings. The standard InChI is InChI=1S/C28H28BrClN2O4S/c1-5-6-13-35-22-12-11-18(14-20(22)29)15-23-26(33)32-25(19-9-7-8-10-21(19)30)24(27(34)36-16(2)3)17(4)31-28(32)37-23/h7-12,14-16,25H,5-6,13H2,1-4H3. The summed E-state index contributed by atoms with van der Waals surface area (Å²) >= 11 is 11.4. The molecule has 1 unspecified atom stereocenters. The second-order valence-corrected chi connectivity index (χ2v) is 11.2. The third kappa shape index (κ3) is 5.92. The van der Waals surface area contributed by atoms with Crippen LogP contribution in [-0.4, -0.2) is 23.2 Å². The van der Waals surface area contributed by atoms with E-state index < -0.39 is 12.0 Å². The highest BCUT2D eigenvalue weighted by molar-refractivity contribution is 9.10. The Kier molecular flexibility index (Phi) is 8.72. The monoisotopic (exact) mass is 602 g/mol. The molecule has 2 aromatic carbocycles. The lowest BCUT2D eigenvalue weighted by Crippen LogP contribution is -2.40. The van der Waals surface area contributed by atoms with Crippen molar-refractivity contribution in [3.05, 3.63) is 94.0 Å². The van der Waals surface area contributed by atoms with E-state index in [0.717, 1.165) is 28.6 Å². The maximum atomic E-state index is 13.8. The topological polar surface area (TPSA) is 69.9 Å². The van der Waals surface area contributed by atoms with Gasteiger partial charge in [-0.3, -0.25) is 9.36 Å². The van der Waals surface area contributed by atoms with Gasteiger partial charge >= 0.3 is 5.97 Å². The van der Waals surface area contributed by atoms with Gasteiger partial charge in [-0.25, -0.2) is 9.79 Å². The maximum Gasteiger partial charge on any atom is 0.338 e. The molecule has 0 N–H and O–H groups in total. The van der Waals surface area contributed by atoms with Crippen LogP contribution in [0.3, 0.4) is 0 Å². The van der Waals surface area contributed by atoms with E-state index in [4.69, 9.17) is 21.1 Å². The van der Waals surface area contributed by atoms with Crippen molar-refractivity contribution < 1.29 is 14.3 Å². The first-order valence-corrected chi connectivity index (χ1v) is 14.1. The molecule has 1 aromatic heterocycles. The summed E-state index contributed by atoms with van der Waals surface area (Å²) in [6.45, 7) is 8.09. The number of hydrogen-bond acceptors (Lipinski definition) is 6. The maximum absolute atomic E-state index is 13.8. The van der Waals surface area contributed by atoms with Crippen LogP contribution in [0, 0.1) is 0 Å². The van der Waals surface area contributed by atoms with Crippen molar-refractivity contribution in [2.45, 2.75) is 52.7 Å². The molecule has 0 amide bonds. The Morgan fingerprint density at radius 1 is 1.27 bits per heavy atom. The predicted molar refractivity (Wildman–Crippen MR) is 151 cm³/mol. The van der Waals surface area contributed by atoms with Crippen LogP contribution in [0.1, 0.15) is 57.7 Å². The van der Waals surface area contributed by atoms with E-state index in [0.29, 0.717) is 37.8 Å². The molecular formula is C28H28BrClN2O4S. The Morgan fingerprint density at radius 3 is 2.70 bits per heavy atom. The number of halogens is 2. The third-order valence-corrected chi connectivity index (χ3v) is 7.74. The highest BCUT2D eigenvalue weighted by Crippen LogP contribution is 2.34. The number of carbonyl (C=O) groups is 1. The fourth-order valence-corrected chi connectivity index (χ4v) is 5.85. The highest BCUT2D eigenvalue weighted by atomic mass is 79.9. The van der Waals surface area contributed by atoms with Crippen molar-refractivity contribution in [1.29, 1.82) is 0 Å². The fraction of sp³-hybridized carbons (Fsp3) is 0.321. The SMILES string of the molecule is CCCCOc1ccc(C=c2sc3n(c2=O)C(c2ccccc2Cl)C(C(=O)OC(C)C)=C(C)N=3)cc1Br. The molecule has 0 spiro atoms. The average molecular weight is 604 g/mol. The minimum atomic E-state index is -0.751. The number of thiazole rings is 1. The summed E-state index contributed by atoms with van der Waals surface area (Å²) in [6, 6.07) is 12.2. The van der Waals surface area contributed by atoms with E-state index in [9.17, 15) is 9.59 Å². The van der Waals surface area contributed by atoms with Gasteiger partial charge in [0.25, 0.3) is 5.56 Å². The van der Waals surface area contributed by atoms with Crippen LogP contribution in [0.4, 0.5) is 0 Å². The van der Waals surface area contributed by atoms with Gasteiger partial charge in [0.1, 0.15) is 11.8 Å². The number of benzene rings is 2. The number of rotatable bonds is 8. The fourth-order valence-electron chi connectivity index (χ4n) is 4.05. The quantitative estimate of drug-likeness (QED) is 0.242. The number of unbranched alkanes of at least 4 members (excludes halogenated alkanes) is 1. The molecule has 0 saturated carbocycles. The van der Waals surface area contributed by atoms with Crippen LogP contribution < -0.4 is 19.6 Å². The van der Waals surface area contributed by atoms with E-state index in [2.05, 4.69) is 27.8 Å². The van der Waals surface area contributed by atoms with E-state index in [1.165, 1.54) is 11.3 Å². The van der Waals surface area contributed by atoms with Gasteiger partial charge in [-0.05, 0) is 78.5 Å². The number of aromatic nitrogens is 1. The van der Waals surface area contributed by atoms with E-state index in [1.54, 1.807) is 31.4 Å². The average Bonchev–Trinajstić information content (AvgIpc) is 3.14. The molecule has 0 fully saturated rings. The minimum Gasteiger partial charge on any atom is -0.492 e. The van der Waals surface area contributed by atoms with E-state index in [1.807, 2.05) is 42.5 Å². The van der Waals surface area contributed by atoms with Crippen LogP contribution in [-0.2, 0) is 9.53 Å². The largest absolute Gasteiger partial charge is 0.492 e. The Balaban J connectivity index is 1.83. The summed E-state index contributed by atoms with van der Waals surface area (Å²) < 4.78 is 14.2. The van der Waals surface area contributed by atoms with Gasteiger partial charge in [-0.2, -0.15) is 0 Å². The predicted octanol–water partition coefficient (Wildman–Crippen LogP) is 5.78. The number of allylic oxidation sites excluding steroid dienone is 1. The van der Waals surface area contributed by atoms with Gasteiger partial charge in [-0.15, -0.1) is 0 Å². The number of esters is 1. The summed E-state index contributed by atoms with van der Waals surface area (Å²) in [7, 11) is 0. The molecule has 2 heterocycles. The lowest BCUT2D eigenvalue weighted by Gasteiger charge is -2.26. The normalized spacial score (nSPS) is 15.5. The van der Waals surface area contributed by atoms with Crippen molar-refractivity contribution in [2.24, 2.45) is 4.99 Å².